The highest BCUT2D eigenvalue weighted by molar-refractivity contribution is 7.22. The van der Waals surface area contributed by atoms with Gasteiger partial charge in [0.05, 0.1) is 15.8 Å². The lowest BCUT2D eigenvalue weighted by atomic mass is 9.95. The van der Waals surface area contributed by atoms with E-state index in [0.29, 0.717) is 5.56 Å². The molecule has 1 N–H and O–H groups in total. The van der Waals surface area contributed by atoms with Crippen molar-refractivity contribution in [2.45, 2.75) is 26.8 Å². The first kappa shape index (κ1) is 22.0. The molecule has 0 saturated carbocycles. The first-order chi connectivity index (χ1) is 16.3. The van der Waals surface area contributed by atoms with Crippen LogP contribution in [0.4, 0.5) is 9.52 Å². The normalized spacial score (nSPS) is 17.6. The van der Waals surface area contributed by atoms with Crippen molar-refractivity contribution in [3.8, 4) is 0 Å². The van der Waals surface area contributed by atoms with Crippen LogP contribution in [0.25, 0.3) is 16.0 Å². The summed E-state index contributed by atoms with van der Waals surface area (Å²) in [4.78, 5) is 32.4. The fourth-order valence-electron chi connectivity index (χ4n) is 4.35. The van der Waals surface area contributed by atoms with Gasteiger partial charge in [-0.25, -0.2) is 9.37 Å². The number of anilines is 1. The van der Waals surface area contributed by atoms with Gasteiger partial charge < -0.3 is 5.11 Å². The summed E-state index contributed by atoms with van der Waals surface area (Å²) in [6.07, 6.45) is 0. The van der Waals surface area contributed by atoms with Gasteiger partial charge in [0.1, 0.15) is 17.6 Å². The van der Waals surface area contributed by atoms with Gasteiger partial charge in [-0.05, 0) is 44.0 Å². The Hall–Kier alpha value is -3.84. The molecule has 0 aliphatic carbocycles. The van der Waals surface area contributed by atoms with E-state index in [2.05, 4.69) is 4.98 Å². The molecule has 1 unspecified atom stereocenters. The molecule has 170 valence electrons. The van der Waals surface area contributed by atoms with Crippen LogP contribution in [0.5, 0.6) is 0 Å². The summed E-state index contributed by atoms with van der Waals surface area (Å²) in [5, 5.41) is 11.4. The molecule has 1 aliphatic heterocycles. The topological polar surface area (TPSA) is 70.5 Å². The predicted octanol–water partition coefficient (Wildman–Crippen LogP) is 5.99. The van der Waals surface area contributed by atoms with E-state index >= 15 is 4.39 Å². The van der Waals surface area contributed by atoms with Crippen molar-refractivity contribution in [1.29, 1.82) is 0 Å². The third kappa shape index (κ3) is 3.49. The molecule has 1 fully saturated rings. The fourth-order valence-corrected chi connectivity index (χ4v) is 5.52. The molecule has 5 nitrogen and oxygen atoms in total. The van der Waals surface area contributed by atoms with E-state index in [1.165, 1.54) is 34.4 Å². The molecule has 4 aromatic rings. The maximum Gasteiger partial charge on any atom is 0.301 e. The minimum Gasteiger partial charge on any atom is -0.507 e. The van der Waals surface area contributed by atoms with E-state index in [9.17, 15) is 14.7 Å². The maximum atomic E-state index is 15.0. The van der Waals surface area contributed by atoms with Crippen LogP contribution < -0.4 is 4.90 Å². The van der Waals surface area contributed by atoms with E-state index in [0.717, 1.165) is 26.9 Å². The smallest absolute Gasteiger partial charge is 0.301 e. The van der Waals surface area contributed by atoms with Gasteiger partial charge in [0, 0.05) is 11.1 Å². The lowest BCUT2D eigenvalue weighted by Crippen LogP contribution is -2.29. The Morgan fingerprint density at radius 1 is 1.00 bits per heavy atom. The molecule has 1 aromatic heterocycles. The zero-order chi connectivity index (χ0) is 24.1. The van der Waals surface area contributed by atoms with Gasteiger partial charge in [-0.3, -0.25) is 14.5 Å². The van der Waals surface area contributed by atoms with E-state index in [4.69, 9.17) is 0 Å². The number of amides is 1. The van der Waals surface area contributed by atoms with Crippen molar-refractivity contribution in [3.05, 3.63) is 99.9 Å². The number of nitrogens with zero attached hydrogens (tertiary/aromatic N) is 2. The first-order valence-corrected chi connectivity index (χ1v) is 11.6. The van der Waals surface area contributed by atoms with Gasteiger partial charge in [0.15, 0.2) is 5.13 Å². The zero-order valence-electron chi connectivity index (χ0n) is 18.8. The second-order valence-electron chi connectivity index (χ2n) is 8.48. The summed E-state index contributed by atoms with van der Waals surface area (Å²) in [5.41, 5.74) is 4.01. The molecule has 2 heterocycles. The quantitative estimate of drug-likeness (QED) is 0.226. The molecule has 0 radical (unpaired) electrons. The van der Waals surface area contributed by atoms with Crippen molar-refractivity contribution in [3.63, 3.8) is 0 Å². The number of rotatable bonds is 3. The molecule has 3 aromatic carbocycles. The molecular weight excluding hydrogens is 451 g/mol. The predicted molar refractivity (Wildman–Crippen MR) is 131 cm³/mol. The fraction of sp³-hybridized carbons (Fsp3) is 0.148. The van der Waals surface area contributed by atoms with Crippen LogP contribution >= 0.6 is 11.3 Å². The number of aliphatic hydroxyl groups is 1. The van der Waals surface area contributed by atoms with E-state index in [1.807, 2.05) is 32.9 Å². The van der Waals surface area contributed by atoms with Gasteiger partial charge in [-0.15, -0.1) is 0 Å². The molecule has 7 heteroatoms. The Kier molecular flexibility index (Phi) is 5.29. The third-order valence-corrected chi connectivity index (χ3v) is 7.00. The molecular formula is C27H21FN2O3S. The molecule has 0 spiro atoms. The van der Waals surface area contributed by atoms with Crippen molar-refractivity contribution >= 4 is 44.1 Å². The molecule has 1 atom stereocenters. The number of thiazole rings is 1. The van der Waals surface area contributed by atoms with Crippen molar-refractivity contribution in [2.75, 3.05) is 4.90 Å². The molecule has 34 heavy (non-hydrogen) atoms. The highest BCUT2D eigenvalue weighted by atomic mass is 32.1. The Morgan fingerprint density at radius 2 is 1.71 bits per heavy atom. The summed E-state index contributed by atoms with van der Waals surface area (Å²) in [6.45, 7) is 5.80. The Morgan fingerprint density at radius 3 is 2.41 bits per heavy atom. The summed E-state index contributed by atoms with van der Waals surface area (Å²) in [6, 6.07) is 15.7. The number of Topliss-reactive ketones (excluding diaryl/α,β-unsaturated/α-hetero) is 1. The minimum atomic E-state index is -1.15. The lowest BCUT2D eigenvalue weighted by molar-refractivity contribution is -0.132. The van der Waals surface area contributed by atoms with Gasteiger partial charge in [0.2, 0.25) is 0 Å². The Bertz CT molecular complexity index is 1500. The van der Waals surface area contributed by atoms with Gasteiger partial charge in [-0.2, -0.15) is 0 Å². The molecule has 0 bridgehead atoms. The number of aromatic nitrogens is 1. The molecule has 1 amide bonds. The van der Waals surface area contributed by atoms with Crippen LogP contribution in [0.15, 0.2) is 66.2 Å². The summed E-state index contributed by atoms with van der Waals surface area (Å²) in [7, 11) is 0. The Labute approximate surface area is 199 Å². The van der Waals surface area contributed by atoms with Crippen molar-refractivity contribution < 1.29 is 19.1 Å². The number of fused-ring (bicyclic) bond motifs is 1. The number of hydrogen-bond acceptors (Lipinski definition) is 5. The van der Waals surface area contributed by atoms with Crippen LogP contribution in [-0.4, -0.2) is 21.8 Å². The third-order valence-electron chi connectivity index (χ3n) is 5.99. The van der Waals surface area contributed by atoms with Gasteiger partial charge in [0.25, 0.3) is 5.78 Å². The SMILES string of the molecule is Cc1ccc(C(O)=C2C(=O)C(=O)N(c3nc4c(C)cc(C)cc4s3)C2c2ccccc2F)cc1. The monoisotopic (exact) mass is 472 g/mol. The summed E-state index contributed by atoms with van der Waals surface area (Å²) >= 11 is 1.26. The number of carbonyl (C=O) groups excluding carboxylic acids is 2. The van der Waals surface area contributed by atoms with E-state index in [-0.39, 0.29) is 22.0 Å². The number of halogens is 1. The number of ketones is 1. The standard InChI is InChI=1S/C27H21FN2O3S/c1-14-8-10-17(11-9-14)24(31)21-23(18-6-4-5-7-19(18)28)30(26(33)25(21)32)27-29-22-16(3)12-15(2)13-20(22)34-27/h4-13,23,31H,1-3H3. The van der Waals surface area contributed by atoms with Crippen molar-refractivity contribution in [1.82, 2.24) is 4.98 Å². The second kappa shape index (κ2) is 8.18. The lowest BCUT2D eigenvalue weighted by Gasteiger charge is -2.23. The number of aryl methyl sites for hydroxylation is 3. The highest BCUT2D eigenvalue weighted by Crippen LogP contribution is 2.45. The molecule has 1 aliphatic rings. The van der Waals surface area contributed by atoms with Crippen LogP contribution in [0, 0.1) is 26.6 Å². The van der Waals surface area contributed by atoms with Crippen LogP contribution in [-0.2, 0) is 9.59 Å². The minimum absolute atomic E-state index is 0.113. The largest absolute Gasteiger partial charge is 0.507 e. The van der Waals surface area contributed by atoms with E-state index < -0.39 is 23.5 Å². The number of carbonyl (C=O) groups is 2. The van der Waals surface area contributed by atoms with Crippen LogP contribution in [0.1, 0.15) is 33.9 Å². The summed E-state index contributed by atoms with van der Waals surface area (Å²) < 4.78 is 15.9. The average Bonchev–Trinajstić information content (AvgIpc) is 3.33. The summed E-state index contributed by atoms with van der Waals surface area (Å²) in [5.74, 6) is -2.65. The van der Waals surface area contributed by atoms with Gasteiger partial charge in [-0.1, -0.05) is 65.4 Å². The first-order valence-electron chi connectivity index (χ1n) is 10.8. The average molecular weight is 473 g/mol. The Balaban J connectivity index is 1.76. The molecule has 1 saturated heterocycles. The van der Waals surface area contributed by atoms with Crippen molar-refractivity contribution in [2.24, 2.45) is 0 Å². The van der Waals surface area contributed by atoms with Gasteiger partial charge >= 0.3 is 5.91 Å². The number of hydrogen-bond donors (Lipinski definition) is 1. The zero-order valence-corrected chi connectivity index (χ0v) is 19.6. The van der Waals surface area contributed by atoms with E-state index in [1.54, 1.807) is 30.3 Å². The van der Waals surface area contributed by atoms with Crippen LogP contribution in [0.2, 0.25) is 0 Å². The number of aliphatic hydroxyl groups excluding tert-OH is 1. The maximum absolute atomic E-state index is 15.0. The second-order valence-corrected chi connectivity index (χ2v) is 9.49. The van der Waals surface area contributed by atoms with Crippen LogP contribution in [0.3, 0.4) is 0 Å². The number of benzene rings is 3. The highest BCUT2D eigenvalue weighted by Gasteiger charge is 2.49. The molecule has 5 rings (SSSR count).